The first-order valence-corrected chi connectivity index (χ1v) is 9.11. The van der Waals surface area contributed by atoms with Crippen molar-refractivity contribution in [1.29, 1.82) is 0 Å². The molecule has 0 aromatic heterocycles. The van der Waals surface area contributed by atoms with Crippen molar-refractivity contribution in [1.82, 2.24) is 4.90 Å². The van der Waals surface area contributed by atoms with Crippen molar-refractivity contribution in [3.8, 4) is 5.75 Å². The number of halogens is 3. The Kier molecular flexibility index (Phi) is 5.65. The highest BCUT2D eigenvalue weighted by Crippen LogP contribution is 2.36. The lowest BCUT2D eigenvalue weighted by Gasteiger charge is -2.32. The number of fused-ring (bicyclic) bond motifs is 1. The lowest BCUT2D eigenvalue weighted by atomic mass is 9.98. The molecule has 0 unspecified atom stereocenters. The van der Waals surface area contributed by atoms with Crippen LogP contribution >= 0.6 is 0 Å². The molecule has 2 aromatic carbocycles. The SMILES string of the molecule is COc1ccc(C(=O)Nc2ccc3c(c2)CN(C(C)C)CC3)cc1C(F)(F)F. The van der Waals surface area contributed by atoms with Gasteiger partial charge in [-0.3, -0.25) is 9.69 Å². The molecular weight excluding hydrogens is 369 g/mol. The fourth-order valence-electron chi connectivity index (χ4n) is 3.37. The molecule has 1 heterocycles. The summed E-state index contributed by atoms with van der Waals surface area (Å²) >= 11 is 0. The number of rotatable bonds is 4. The van der Waals surface area contributed by atoms with Gasteiger partial charge in [0.25, 0.3) is 5.91 Å². The van der Waals surface area contributed by atoms with Gasteiger partial charge < -0.3 is 10.1 Å². The second-order valence-corrected chi connectivity index (χ2v) is 7.16. The molecule has 0 atom stereocenters. The summed E-state index contributed by atoms with van der Waals surface area (Å²) in [5.41, 5.74) is 1.89. The molecule has 0 bridgehead atoms. The van der Waals surface area contributed by atoms with Crippen LogP contribution in [0.1, 0.15) is 40.9 Å². The van der Waals surface area contributed by atoms with E-state index < -0.39 is 17.6 Å². The molecule has 2 aromatic rings. The number of carbonyl (C=O) groups is 1. The average molecular weight is 392 g/mol. The van der Waals surface area contributed by atoms with Gasteiger partial charge in [-0.1, -0.05) is 6.07 Å². The van der Waals surface area contributed by atoms with Crippen LogP contribution in [0.15, 0.2) is 36.4 Å². The Morgan fingerprint density at radius 2 is 1.89 bits per heavy atom. The molecule has 0 aliphatic carbocycles. The number of ether oxygens (including phenoxy) is 1. The van der Waals surface area contributed by atoms with E-state index in [0.717, 1.165) is 44.3 Å². The third-order valence-corrected chi connectivity index (χ3v) is 5.00. The number of alkyl halides is 3. The van der Waals surface area contributed by atoms with Crippen LogP contribution in [0.3, 0.4) is 0 Å². The highest BCUT2D eigenvalue weighted by atomic mass is 19.4. The van der Waals surface area contributed by atoms with Crippen molar-refractivity contribution in [2.75, 3.05) is 19.0 Å². The third-order valence-electron chi connectivity index (χ3n) is 5.00. The summed E-state index contributed by atoms with van der Waals surface area (Å²) < 4.78 is 44.3. The molecule has 0 saturated carbocycles. The van der Waals surface area contributed by atoms with Crippen molar-refractivity contribution in [2.24, 2.45) is 0 Å². The Morgan fingerprint density at radius 3 is 2.54 bits per heavy atom. The first-order chi connectivity index (χ1) is 13.2. The number of nitrogens with one attached hydrogen (secondary N) is 1. The van der Waals surface area contributed by atoms with Crippen LogP contribution in [0, 0.1) is 0 Å². The number of hydrogen-bond donors (Lipinski definition) is 1. The number of amides is 1. The van der Waals surface area contributed by atoms with E-state index in [1.165, 1.54) is 11.6 Å². The fraction of sp³-hybridized carbons (Fsp3) is 0.381. The summed E-state index contributed by atoms with van der Waals surface area (Å²) in [6, 6.07) is 9.37. The zero-order valence-electron chi connectivity index (χ0n) is 16.1. The Morgan fingerprint density at radius 1 is 1.14 bits per heavy atom. The van der Waals surface area contributed by atoms with E-state index in [2.05, 4.69) is 24.1 Å². The summed E-state index contributed by atoms with van der Waals surface area (Å²) in [6.07, 6.45) is -3.66. The van der Waals surface area contributed by atoms with Crippen molar-refractivity contribution in [2.45, 2.75) is 39.0 Å². The Hall–Kier alpha value is -2.54. The molecule has 0 saturated heterocycles. The standard InChI is InChI=1S/C21H23F3N2O2/c1-13(2)26-9-8-14-4-6-17(10-16(14)12-26)25-20(27)15-5-7-19(28-3)18(11-15)21(22,23)24/h4-7,10-11,13H,8-9,12H2,1-3H3,(H,25,27). The summed E-state index contributed by atoms with van der Waals surface area (Å²) in [4.78, 5) is 14.8. The molecule has 1 aliphatic rings. The zero-order valence-corrected chi connectivity index (χ0v) is 16.1. The van der Waals surface area contributed by atoms with Gasteiger partial charge in [0.05, 0.1) is 12.7 Å². The number of benzene rings is 2. The number of hydrogen-bond acceptors (Lipinski definition) is 3. The van der Waals surface area contributed by atoms with E-state index in [-0.39, 0.29) is 11.3 Å². The smallest absolute Gasteiger partial charge is 0.419 e. The molecular formula is C21H23F3N2O2. The summed E-state index contributed by atoms with van der Waals surface area (Å²) in [6.45, 7) is 6.05. The predicted octanol–water partition coefficient (Wildman–Crippen LogP) is 4.73. The number of anilines is 1. The highest BCUT2D eigenvalue weighted by Gasteiger charge is 2.35. The molecule has 4 nitrogen and oxygen atoms in total. The van der Waals surface area contributed by atoms with E-state index in [9.17, 15) is 18.0 Å². The molecule has 1 N–H and O–H groups in total. The highest BCUT2D eigenvalue weighted by molar-refractivity contribution is 6.04. The van der Waals surface area contributed by atoms with Crippen molar-refractivity contribution in [3.63, 3.8) is 0 Å². The maximum absolute atomic E-state index is 13.2. The van der Waals surface area contributed by atoms with Crippen molar-refractivity contribution < 1.29 is 22.7 Å². The van der Waals surface area contributed by atoms with Crippen LogP contribution in [0.4, 0.5) is 18.9 Å². The van der Waals surface area contributed by atoms with Gasteiger partial charge in [-0.05, 0) is 61.7 Å². The Balaban J connectivity index is 1.81. The molecule has 0 spiro atoms. The van der Waals surface area contributed by atoms with Gasteiger partial charge in [-0.15, -0.1) is 0 Å². The summed E-state index contributed by atoms with van der Waals surface area (Å²) in [5.74, 6) is -0.906. The van der Waals surface area contributed by atoms with Gasteiger partial charge in [-0.2, -0.15) is 13.2 Å². The monoisotopic (exact) mass is 392 g/mol. The predicted molar refractivity (Wildman–Crippen MR) is 102 cm³/mol. The minimum Gasteiger partial charge on any atom is -0.496 e. The molecule has 7 heteroatoms. The minimum atomic E-state index is -4.60. The summed E-state index contributed by atoms with van der Waals surface area (Å²) in [5, 5.41) is 2.70. The van der Waals surface area contributed by atoms with Crippen molar-refractivity contribution in [3.05, 3.63) is 58.7 Å². The third kappa shape index (κ3) is 4.30. The maximum atomic E-state index is 13.2. The van der Waals surface area contributed by atoms with E-state index >= 15 is 0 Å². The second kappa shape index (κ2) is 7.83. The molecule has 3 rings (SSSR count). The van der Waals surface area contributed by atoms with E-state index in [4.69, 9.17) is 4.74 Å². The first kappa shape index (κ1) is 20.2. The average Bonchev–Trinajstić information content (AvgIpc) is 2.66. The van der Waals surface area contributed by atoms with E-state index in [1.807, 2.05) is 12.1 Å². The van der Waals surface area contributed by atoms with E-state index in [1.54, 1.807) is 6.07 Å². The molecule has 1 aliphatic heterocycles. The van der Waals surface area contributed by atoms with Gasteiger partial charge in [-0.25, -0.2) is 0 Å². The zero-order chi connectivity index (χ0) is 20.5. The molecule has 150 valence electrons. The Bertz CT molecular complexity index is 878. The lowest BCUT2D eigenvalue weighted by molar-refractivity contribution is -0.138. The van der Waals surface area contributed by atoms with Gasteiger partial charge in [0.2, 0.25) is 0 Å². The van der Waals surface area contributed by atoms with Crippen LogP contribution in [-0.4, -0.2) is 30.5 Å². The molecule has 0 fully saturated rings. The fourth-order valence-corrected chi connectivity index (χ4v) is 3.37. The van der Waals surface area contributed by atoms with Crippen LogP contribution in [0.2, 0.25) is 0 Å². The number of methoxy groups -OCH3 is 1. The van der Waals surface area contributed by atoms with Gasteiger partial charge in [0.1, 0.15) is 5.75 Å². The number of carbonyl (C=O) groups excluding carboxylic acids is 1. The topological polar surface area (TPSA) is 41.6 Å². The van der Waals surface area contributed by atoms with Gasteiger partial charge in [0.15, 0.2) is 0 Å². The van der Waals surface area contributed by atoms with Crippen LogP contribution in [0.25, 0.3) is 0 Å². The van der Waals surface area contributed by atoms with Gasteiger partial charge >= 0.3 is 6.18 Å². The first-order valence-electron chi connectivity index (χ1n) is 9.11. The van der Waals surface area contributed by atoms with Crippen molar-refractivity contribution >= 4 is 11.6 Å². The molecule has 28 heavy (non-hydrogen) atoms. The molecule has 1 amide bonds. The quantitative estimate of drug-likeness (QED) is 0.818. The van der Waals surface area contributed by atoms with Crippen LogP contribution < -0.4 is 10.1 Å². The second-order valence-electron chi connectivity index (χ2n) is 7.16. The number of nitrogens with zero attached hydrogens (tertiary/aromatic N) is 1. The van der Waals surface area contributed by atoms with Crippen LogP contribution in [0.5, 0.6) is 5.75 Å². The summed E-state index contributed by atoms with van der Waals surface area (Å²) in [7, 11) is 1.16. The largest absolute Gasteiger partial charge is 0.496 e. The normalized spacial score (nSPS) is 14.7. The molecule has 0 radical (unpaired) electrons. The minimum absolute atomic E-state index is 0.0744. The Labute approximate surface area is 162 Å². The maximum Gasteiger partial charge on any atom is 0.419 e. The lowest BCUT2D eigenvalue weighted by Crippen LogP contribution is -2.35. The van der Waals surface area contributed by atoms with E-state index in [0.29, 0.717) is 11.7 Å². The van der Waals surface area contributed by atoms with Gasteiger partial charge in [0, 0.05) is 30.4 Å². The van der Waals surface area contributed by atoms with Crippen LogP contribution in [-0.2, 0) is 19.1 Å².